The Hall–Kier alpha value is -3.45. The highest BCUT2D eigenvalue weighted by molar-refractivity contribution is 7.19. The van der Waals surface area contributed by atoms with Crippen molar-refractivity contribution in [2.75, 3.05) is 49.1 Å². The lowest BCUT2D eigenvalue weighted by molar-refractivity contribution is -0.380. The van der Waals surface area contributed by atoms with Crippen molar-refractivity contribution in [2.45, 2.75) is 13.0 Å². The molecule has 2 amide bonds. The van der Waals surface area contributed by atoms with Crippen LogP contribution < -0.4 is 20.0 Å². The number of hydroxylamine groups is 2. The normalized spacial score (nSPS) is 18.8. The summed E-state index contributed by atoms with van der Waals surface area (Å²) in [7, 11) is 0. The second-order valence-corrected chi connectivity index (χ2v) is 8.59. The molecular weight excluding hydrogens is 457 g/mol. The van der Waals surface area contributed by atoms with E-state index in [9.17, 15) is 24.1 Å². The second-order valence-electron chi connectivity index (χ2n) is 7.54. The average Bonchev–Trinajstić information content (AvgIpc) is 3.41. The van der Waals surface area contributed by atoms with E-state index in [1.165, 1.54) is 30.0 Å². The maximum Gasteiger partial charge on any atom is 0.414 e. The molecule has 0 unspecified atom stereocenters. The van der Waals surface area contributed by atoms with E-state index in [0.29, 0.717) is 31.9 Å². The van der Waals surface area contributed by atoms with E-state index in [1.807, 2.05) is 4.90 Å². The second kappa shape index (κ2) is 9.58. The minimum Gasteiger partial charge on any atom is -0.442 e. The van der Waals surface area contributed by atoms with E-state index in [-0.39, 0.29) is 29.7 Å². The summed E-state index contributed by atoms with van der Waals surface area (Å²) in [5, 5.41) is 16.0. The van der Waals surface area contributed by atoms with Gasteiger partial charge in [0.15, 0.2) is 11.6 Å². The summed E-state index contributed by atoms with van der Waals surface area (Å²) in [6.45, 7) is 3.87. The minimum atomic E-state index is -0.623. The van der Waals surface area contributed by atoms with Crippen molar-refractivity contribution in [3.8, 4) is 5.75 Å². The Balaban J connectivity index is 1.32. The van der Waals surface area contributed by atoms with Gasteiger partial charge in [-0.3, -0.25) is 19.8 Å². The molecule has 0 spiro atoms. The van der Waals surface area contributed by atoms with Crippen molar-refractivity contribution in [1.82, 2.24) is 10.4 Å². The molecule has 1 aromatic carbocycles. The highest BCUT2D eigenvalue weighted by atomic mass is 32.1. The molecule has 0 radical (unpaired) electrons. The van der Waals surface area contributed by atoms with Gasteiger partial charge in [-0.15, -0.1) is 5.06 Å². The number of carbonyl (C=O) groups excluding carboxylic acids is 2. The van der Waals surface area contributed by atoms with Crippen LogP contribution in [0, 0.1) is 15.9 Å². The Kier molecular flexibility index (Phi) is 6.60. The van der Waals surface area contributed by atoms with Crippen molar-refractivity contribution in [2.24, 2.45) is 0 Å². The third kappa shape index (κ3) is 5.31. The summed E-state index contributed by atoms with van der Waals surface area (Å²) in [6, 6.07) is 7.44. The van der Waals surface area contributed by atoms with Gasteiger partial charge in [0.25, 0.3) is 0 Å². The van der Waals surface area contributed by atoms with E-state index < -0.39 is 22.9 Å². The van der Waals surface area contributed by atoms with Gasteiger partial charge < -0.3 is 19.8 Å². The van der Waals surface area contributed by atoms with Gasteiger partial charge in [-0.25, -0.2) is 9.18 Å². The van der Waals surface area contributed by atoms with Crippen LogP contribution in [0.25, 0.3) is 0 Å². The SMILES string of the molecule is CC(=O)NC[C@H]1CN(c2ccc(ON3CCN(c4ccc([N+](=O)[O-])s4)CC3)c(F)c2)C(=O)O1. The first-order chi connectivity index (χ1) is 15.8. The lowest BCUT2D eigenvalue weighted by Crippen LogP contribution is -2.47. The van der Waals surface area contributed by atoms with Gasteiger partial charge in [0.05, 0.1) is 41.8 Å². The Bertz CT molecular complexity index is 1060. The highest BCUT2D eigenvalue weighted by Gasteiger charge is 2.33. The number of rotatable bonds is 7. The van der Waals surface area contributed by atoms with E-state index in [2.05, 4.69) is 5.32 Å². The number of nitrogens with one attached hydrogen (secondary N) is 1. The molecule has 2 fully saturated rings. The fraction of sp³-hybridized carbons (Fsp3) is 0.400. The molecule has 1 N–H and O–H groups in total. The van der Waals surface area contributed by atoms with Crippen molar-refractivity contribution in [1.29, 1.82) is 0 Å². The van der Waals surface area contributed by atoms with E-state index in [4.69, 9.17) is 9.57 Å². The number of ether oxygens (including phenoxy) is 1. The maximum atomic E-state index is 14.7. The molecule has 0 aliphatic carbocycles. The zero-order chi connectivity index (χ0) is 23.5. The Morgan fingerprint density at radius 3 is 2.70 bits per heavy atom. The lowest BCUT2D eigenvalue weighted by Gasteiger charge is -2.34. The Morgan fingerprint density at radius 2 is 2.06 bits per heavy atom. The van der Waals surface area contributed by atoms with E-state index >= 15 is 0 Å². The first-order valence-corrected chi connectivity index (χ1v) is 11.1. The van der Waals surface area contributed by atoms with Gasteiger partial charge in [-0.05, 0) is 29.5 Å². The predicted molar refractivity (Wildman–Crippen MR) is 118 cm³/mol. The number of hydrogen-bond acceptors (Lipinski definition) is 9. The first-order valence-electron chi connectivity index (χ1n) is 10.2. The molecule has 3 heterocycles. The van der Waals surface area contributed by atoms with Crippen molar-refractivity contribution >= 4 is 39.0 Å². The topological polar surface area (TPSA) is 117 Å². The summed E-state index contributed by atoms with van der Waals surface area (Å²) < 4.78 is 19.9. The van der Waals surface area contributed by atoms with Gasteiger partial charge in [0.2, 0.25) is 5.91 Å². The molecule has 2 aliphatic rings. The predicted octanol–water partition coefficient (Wildman–Crippen LogP) is 2.37. The zero-order valence-corrected chi connectivity index (χ0v) is 18.5. The van der Waals surface area contributed by atoms with Crippen LogP contribution >= 0.6 is 11.3 Å². The summed E-state index contributed by atoms with van der Waals surface area (Å²) >= 11 is 1.12. The number of amides is 2. The third-order valence-electron chi connectivity index (χ3n) is 5.22. The Labute approximate surface area is 192 Å². The van der Waals surface area contributed by atoms with Crippen LogP contribution in [0.4, 0.5) is 24.9 Å². The molecule has 4 rings (SSSR count). The number of nitro groups is 1. The van der Waals surface area contributed by atoms with Crippen LogP contribution in [0.15, 0.2) is 30.3 Å². The number of nitrogens with zero attached hydrogens (tertiary/aromatic N) is 4. The molecule has 0 bridgehead atoms. The van der Waals surface area contributed by atoms with Crippen molar-refractivity contribution in [3.05, 3.63) is 46.3 Å². The Morgan fingerprint density at radius 1 is 1.30 bits per heavy atom. The number of halogens is 1. The van der Waals surface area contributed by atoms with Crippen LogP contribution in [0.5, 0.6) is 5.75 Å². The molecular formula is C20H22FN5O6S. The third-order valence-corrected chi connectivity index (χ3v) is 6.31. The van der Waals surface area contributed by atoms with Crippen LogP contribution in [0.3, 0.4) is 0 Å². The van der Waals surface area contributed by atoms with Gasteiger partial charge in [-0.2, -0.15) is 0 Å². The van der Waals surface area contributed by atoms with Crippen molar-refractivity contribution < 1.29 is 28.5 Å². The molecule has 2 saturated heterocycles. The minimum absolute atomic E-state index is 0.0290. The molecule has 0 saturated carbocycles. The monoisotopic (exact) mass is 479 g/mol. The highest BCUT2D eigenvalue weighted by Crippen LogP contribution is 2.32. The number of anilines is 2. The number of hydrogen-bond donors (Lipinski definition) is 1. The number of benzene rings is 1. The quantitative estimate of drug-likeness (QED) is 0.475. The maximum absolute atomic E-state index is 14.7. The fourth-order valence-electron chi connectivity index (χ4n) is 3.55. The zero-order valence-electron chi connectivity index (χ0n) is 17.7. The average molecular weight is 479 g/mol. The van der Waals surface area contributed by atoms with Crippen LogP contribution in [0.1, 0.15) is 6.92 Å². The summed E-state index contributed by atoms with van der Waals surface area (Å²) in [6.07, 6.45) is -1.12. The number of piperazine rings is 1. The van der Waals surface area contributed by atoms with Crippen LogP contribution in [-0.4, -0.2) is 67.4 Å². The number of cyclic esters (lactones) is 1. The van der Waals surface area contributed by atoms with Gasteiger partial charge in [0, 0.05) is 32.1 Å². The summed E-state index contributed by atoms with van der Waals surface area (Å²) in [5.41, 5.74) is 0.333. The van der Waals surface area contributed by atoms with Crippen molar-refractivity contribution in [3.63, 3.8) is 0 Å². The largest absolute Gasteiger partial charge is 0.442 e. The molecule has 2 aliphatic heterocycles. The van der Waals surface area contributed by atoms with Gasteiger partial charge in [-0.1, -0.05) is 0 Å². The van der Waals surface area contributed by atoms with E-state index in [1.54, 1.807) is 17.2 Å². The molecule has 1 atom stereocenters. The van der Waals surface area contributed by atoms with Crippen LogP contribution in [-0.2, 0) is 9.53 Å². The van der Waals surface area contributed by atoms with Gasteiger partial charge in [0.1, 0.15) is 6.10 Å². The van der Waals surface area contributed by atoms with Gasteiger partial charge >= 0.3 is 11.1 Å². The van der Waals surface area contributed by atoms with E-state index in [0.717, 1.165) is 16.3 Å². The molecule has 2 aromatic rings. The molecule has 13 heteroatoms. The van der Waals surface area contributed by atoms with Crippen LogP contribution in [0.2, 0.25) is 0 Å². The fourth-order valence-corrected chi connectivity index (χ4v) is 4.43. The lowest BCUT2D eigenvalue weighted by atomic mass is 10.2. The molecule has 33 heavy (non-hydrogen) atoms. The summed E-state index contributed by atoms with van der Waals surface area (Å²) in [4.78, 5) is 42.6. The molecule has 176 valence electrons. The smallest absolute Gasteiger partial charge is 0.414 e. The number of carbonyl (C=O) groups is 2. The number of thiophene rings is 1. The molecule has 1 aromatic heterocycles. The summed E-state index contributed by atoms with van der Waals surface area (Å²) in [5.74, 6) is -0.821. The standard InChI is InChI=1S/C20H22FN5O6S/c1-13(27)22-11-15-12-25(20(28)31-15)14-2-3-17(16(21)10-14)32-24-8-6-23(7-9-24)18-4-5-19(33-18)26(29)30/h2-5,10,15H,6-9,11-12H2,1H3,(H,22,27)/t15-/m0/s1. The molecule has 11 nitrogen and oxygen atoms in total. The first kappa shape index (κ1) is 22.7.